The summed E-state index contributed by atoms with van der Waals surface area (Å²) >= 11 is 7.81. The molecule has 0 N–H and O–H groups in total. The molecule has 0 aromatic heterocycles. The summed E-state index contributed by atoms with van der Waals surface area (Å²) in [7, 11) is 0. The highest BCUT2D eigenvalue weighted by Gasteiger charge is 2.23. The zero-order chi connectivity index (χ0) is 34.8. The van der Waals surface area contributed by atoms with E-state index >= 15 is 0 Å². The van der Waals surface area contributed by atoms with E-state index in [1.165, 1.54) is 98.7 Å². The van der Waals surface area contributed by atoms with E-state index < -0.39 is 0 Å². The molecular weight excluding hydrogens is 760 g/mol. The SMILES string of the molecule is Brc1ccccc1-c1ccc2c3cccc4c(-c5ccccc5Br)cc(-c5cc(-c6ccccc6)ccc5-c5ccccc5)c(c5cccc1c25)c43. The van der Waals surface area contributed by atoms with Crippen LogP contribution in [0, 0.1) is 0 Å². The van der Waals surface area contributed by atoms with E-state index in [1.54, 1.807) is 0 Å². The van der Waals surface area contributed by atoms with Gasteiger partial charge in [0.2, 0.25) is 0 Å². The molecule has 0 atom stereocenters. The van der Waals surface area contributed by atoms with Gasteiger partial charge in [-0.05, 0) is 123 Å². The summed E-state index contributed by atoms with van der Waals surface area (Å²) in [6.45, 7) is 0. The zero-order valence-electron chi connectivity index (χ0n) is 28.1. The molecule has 10 aromatic carbocycles. The lowest BCUT2D eigenvalue weighted by atomic mass is 9.80. The van der Waals surface area contributed by atoms with Crippen molar-refractivity contribution in [1.82, 2.24) is 0 Å². The molecule has 0 heterocycles. The Morgan fingerprint density at radius 2 is 0.769 bits per heavy atom. The molecule has 0 unspecified atom stereocenters. The fraction of sp³-hybridized carbons (Fsp3) is 0. The molecule has 244 valence electrons. The predicted molar refractivity (Wildman–Crippen MR) is 230 cm³/mol. The Balaban J connectivity index is 1.42. The number of halogens is 2. The van der Waals surface area contributed by atoms with Gasteiger partial charge < -0.3 is 0 Å². The molecule has 0 aliphatic rings. The van der Waals surface area contributed by atoms with E-state index in [9.17, 15) is 0 Å². The summed E-state index contributed by atoms with van der Waals surface area (Å²) in [5, 5.41) is 10.2. The van der Waals surface area contributed by atoms with Gasteiger partial charge in [0.1, 0.15) is 0 Å². The van der Waals surface area contributed by atoms with E-state index in [1.807, 2.05) is 0 Å². The van der Waals surface area contributed by atoms with Crippen LogP contribution in [0.3, 0.4) is 0 Å². The van der Waals surface area contributed by atoms with Crippen LogP contribution in [0.1, 0.15) is 0 Å². The Morgan fingerprint density at radius 3 is 1.46 bits per heavy atom. The smallest absolute Gasteiger partial charge is 0.0253 e. The van der Waals surface area contributed by atoms with E-state index in [0.717, 1.165) is 8.95 Å². The van der Waals surface area contributed by atoms with Crippen molar-refractivity contribution in [3.05, 3.63) is 191 Å². The van der Waals surface area contributed by atoms with Crippen molar-refractivity contribution in [2.45, 2.75) is 0 Å². The van der Waals surface area contributed by atoms with Crippen LogP contribution >= 0.6 is 31.9 Å². The van der Waals surface area contributed by atoms with E-state index in [4.69, 9.17) is 0 Å². The number of rotatable bonds is 5. The van der Waals surface area contributed by atoms with Crippen molar-refractivity contribution in [3.63, 3.8) is 0 Å². The molecule has 0 fully saturated rings. The summed E-state index contributed by atoms with van der Waals surface area (Å²) in [5.74, 6) is 0. The van der Waals surface area contributed by atoms with Crippen LogP contribution in [0.4, 0.5) is 0 Å². The molecule has 0 aliphatic carbocycles. The van der Waals surface area contributed by atoms with Gasteiger partial charge in [0.15, 0.2) is 0 Å². The number of fused-ring (bicyclic) bond motifs is 2. The highest BCUT2D eigenvalue weighted by Crippen LogP contribution is 2.51. The van der Waals surface area contributed by atoms with E-state index in [-0.39, 0.29) is 0 Å². The third-order valence-corrected chi connectivity index (χ3v) is 12.0. The van der Waals surface area contributed by atoms with Crippen molar-refractivity contribution in [2.75, 3.05) is 0 Å². The number of hydrogen-bond acceptors (Lipinski definition) is 0. The maximum absolute atomic E-state index is 3.94. The molecule has 0 bridgehead atoms. The Hall–Kier alpha value is -5.54. The fourth-order valence-electron chi connectivity index (χ4n) is 8.29. The minimum Gasteiger partial charge on any atom is -0.0622 e. The lowest BCUT2D eigenvalue weighted by molar-refractivity contribution is 1.57. The highest BCUT2D eigenvalue weighted by atomic mass is 79.9. The fourth-order valence-corrected chi connectivity index (χ4v) is 9.29. The first-order valence-electron chi connectivity index (χ1n) is 17.6. The van der Waals surface area contributed by atoms with E-state index in [2.05, 4.69) is 214 Å². The Bertz CT molecular complexity index is 2960. The largest absolute Gasteiger partial charge is 0.0622 e. The number of hydrogen-bond donors (Lipinski definition) is 0. The first kappa shape index (κ1) is 31.2. The molecule has 0 radical (unpaired) electrons. The average Bonchev–Trinajstić information content (AvgIpc) is 3.20. The minimum absolute atomic E-state index is 1.08. The van der Waals surface area contributed by atoms with Crippen LogP contribution in [0.2, 0.25) is 0 Å². The molecule has 0 aliphatic heterocycles. The molecule has 0 nitrogen and oxygen atoms in total. The molecule has 52 heavy (non-hydrogen) atoms. The third-order valence-electron chi connectivity index (χ3n) is 10.6. The van der Waals surface area contributed by atoms with Gasteiger partial charge in [-0.3, -0.25) is 0 Å². The second kappa shape index (κ2) is 12.6. The molecule has 0 spiro atoms. The predicted octanol–water partition coefficient (Wildman–Crippen LogP) is 15.6. The minimum atomic E-state index is 1.08. The summed E-state index contributed by atoms with van der Waals surface area (Å²) < 4.78 is 2.18. The standard InChI is InChI=1S/C50H30Br2/c51-46-23-9-7-17-36(46)35-27-28-41-39-20-11-21-40-44(37-18-8-10-24-47(37)52)30-45(50(49(39)40)42-22-12-19-38(35)48(41)42)43-29-33(31-13-3-1-4-14-31)25-26-34(43)32-15-5-2-6-16-32/h1-30H. The second-order valence-corrected chi connectivity index (χ2v) is 15.1. The van der Waals surface area contributed by atoms with Crippen LogP contribution in [-0.4, -0.2) is 0 Å². The van der Waals surface area contributed by atoms with Crippen molar-refractivity contribution < 1.29 is 0 Å². The van der Waals surface area contributed by atoms with Crippen LogP contribution in [0.5, 0.6) is 0 Å². The van der Waals surface area contributed by atoms with Gasteiger partial charge in [-0.2, -0.15) is 0 Å². The summed E-state index contributed by atoms with van der Waals surface area (Å²) in [5.41, 5.74) is 12.1. The Labute approximate surface area is 319 Å². The van der Waals surface area contributed by atoms with Gasteiger partial charge in [-0.25, -0.2) is 0 Å². The van der Waals surface area contributed by atoms with Gasteiger partial charge in [0.25, 0.3) is 0 Å². The molecule has 0 saturated heterocycles. The van der Waals surface area contributed by atoms with E-state index in [0.29, 0.717) is 0 Å². The Morgan fingerprint density at radius 1 is 0.231 bits per heavy atom. The van der Waals surface area contributed by atoms with Crippen LogP contribution in [0.15, 0.2) is 191 Å². The van der Waals surface area contributed by atoms with Crippen molar-refractivity contribution in [3.8, 4) is 55.6 Å². The van der Waals surface area contributed by atoms with Crippen molar-refractivity contribution in [1.29, 1.82) is 0 Å². The molecule has 10 aromatic rings. The van der Waals surface area contributed by atoms with Gasteiger partial charge >= 0.3 is 0 Å². The summed E-state index contributed by atoms with van der Waals surface area (Å²) in [6.07, 6.45) is 0. The van der Waals surface area contributed by atoms with Crippen molar-refractivity contribution >= 4 is 74.9 Å². The highest BCUT2D eigenvalue weighted by molar-refractivity contribution is 9.11. The molecular formula is C50H30Br2. The van der Waals surface area contributed by atoms with Gasteiger partial charge in [-0.15, -0.1) is 0 Å². The normalized spacial score (nSPS) is 11.7. The maximum Gasteiger partial charge on any atom is 0.0253 e. The third kappa shape index (κ3) is 4.93. The van der Waals surface area contributed by atoms with Crippen LogP contribution < -0.4 is 0 Å². The first-order valence-corrected chi connectivity index (χ1v) is 19.2. The first-order chi connectivity index (χ1) is 25.7. The summed E-state index contributed by atoms with van der Waals surface area (Å²) in [6, 6.07) is 66.6. The average molecular weight is 791 g/mol. The van der Waals surface area contributed by atoms with Crippen LogP contribution in [0.25, 0.3) is 98.7 Å². The summed E-state index contributed by atoms with van der Waals surface area (Å²) in [4.78, 5) is 0. The zero-order valence-corrected chi connectivity index (χ0v) is 31.2. The number of benzene rings is 10. The second-order valence-electron chi connectivity index (χ2n) is 13.4. The quantitative estimate of drug-likeness (QED) is 0.120. The van der Waals surface area contributed by atoms with Crippen LogP contribution in [-0.2, 0) is 0 Å². The Kier molecular flexibility index (Phi) is 7.56. The van der Waals surface area contributed by atoms with Gasteiger partial charge in [-0.1, -0.05) is 190 Å². The molecule has 0 amide bonds. The molecule has 10 rings (SSSR count). The lowest BCUT2D eigenvalue weighted by Crippen LogP contribution is -1.95. The van der Waals surface area contributed by atoms with Gasteiger partial charge in [0, 0.05) is 8.95 Å². The molecule has 2 heteroatoms. The van der Waals surface area contributed by atoms with Crippen molar-refractivity contribution in [2.24, 2.45) is 0 Å². The maximum atomic E-state index is 3.94. The molecule has 0 saturated carbocycles. The lowest BCUT2D eigenvalue weighted by Gasteiger charge is -2.23. The topological polar surface area (TPSA) is 0 Å². The van der Waals surface area contributed by atoms with Gasteiger partial charge in [0.05, 0.1) is 0 Å². The monoisotopic (exact) mass is 788 g/mol.